The van der Waals surface area contributed by atoms with Gasteiger partial charge < -0.3 is 0 Å². The Kier molecular flexibility index (Phi) is 5.58. The maximum absolute atomic E-state index is 14.5. The molecule has 0 spiro atoms. The average molecular weight is 497 g/mol. The van der Waals surface area contributed by atoms with Crippen molar-refractivity contribution in [2.24, 2.45) is 7.05 Å². The summed E-state index contributed by atoms with van der Waals surface area (Å²) in [7, 11) is 0.159. The summed E-state index contributed by atoms with van der Waals surface area (Å²) in [4.78, 5) is 4.41. The molecular formula is C22H24F4N6OS. The Morgan fingerprint density at radius 3 is 2.21 bits per heavy atom. The molecule has 182 valence electrons. The van der Waals surface area contributed by atoms with Gasteiger partial charge in [-0.15, -0.1) is 10.2 Å². The van der Waals surface area contributed by atoms with Gasteiger partial charge in [0.05, 0.1) is 16.3 Å². The molecule has 7 nitrogen and oxygen atoms in total. The van der Waals surface area contributed by atoms with Crippen LogP contribution in [0.4, 0.5) is 17.6 Å². The Hall–Kier alpha value is -2.89. The number of aryl methyl sites for hydroxylation is 3. The van der Waals surface area contributed by atoms with Gasteiger partial charge in [-0.3, -0.25) is 8.78 Å². The highest BCUT2D eigenvalue weighted by Crippen LogP contribution is 2.41. The first-order valence-corrected chi connectivity index (χ1v) is 11.9. The topological polar surface area (TPSA) is 78.5 Å². The molecule has 0 N–H and O–H groups in total. The molecule has 0 aliphatic carbocycles. The van der Waals surface area contributed by atoms with E-state index in [0.717, 1.165) is 33.7 Å². The van der Waals surface area contributed by atoms with Crippen molar-refractivity contribution in [1.82, 2.24) is 29.5 Å². The van der Waals surface area contributed by atoms with Crippen molar-refractivity contribution in [1.29, 1.82) is 0 Å². The van der Waals surface area contributed by atoms with Crippen LogP contribution in [0.1, 0.15) is 41.8 Å². The Morgan fingerprint density at radius 1 is 1.00 bits per heavy atom. The highest BCUT2D eigenvalue weighted by molar-refractivity contribution is 7.85. The van der Waals surface area contributed by atoms with E-state index in [1.54, 1.807) is 14.0 Å². The fourth-order valence-electron chi connectivity index (χ4n) is 3.95. The van der Waals surface area contributed by atoms with Crippen molar-refractivity contribution in [3.05, 3.63) is 34.0 Å². The van der Waals surface area contributed by atoms with Gasteiger partial charge in [-0.05, 0) is 62.9 Å². The molecule has 0 bridgehead atoms. The fourth-order valence-corrected chi connectivity index (χ4v) is 5.02. The number of imidazole rings is 1. The smallest absolute Gasteiger partial charge is 0.295 e. The summed E-state index contributed by atoms with van der Waals surface area (Å²) in [5, 5.41) is 13.2. The normalized spacial score (nSPS) is 15.3. The number of hydrogen-bond donors (Lipinski definition) is 0. The SMILES string of the molecule is CCS(=O)c1c2c(C)c(C)c(C)c(C)c2nn1-c1nc2cc(C(C)(F)C(F)(F)F)nnc2n1C. The molecule has 4 aromatic rings. The lowest BCUT2D eigenvalue weighted by Crippen LogP contribution is -2.36. The molecule has 1 aromatic carbocycles. The zero-order chi connectivity index (χ0) is 25.3. The molecule has 0 saturated carbocycles. The number of fused-ring (bicyclic) bond motifs is 2. The number of nitrogens with zero attached hydrogens (tertiary/aromatic N) is 6. The van der Waals surface area contributed by atoms with Crippen molar-refractivity contribution < 1.29 is 21.8 Å². The van der Waals surface area contributed by atoms with E-state index in [1.165, 1.54) is 9.25 Å². The second-order valence-electron chi connectivity index (χ2n) is 8.48. The molecule has 0 saturated heterocycles. The molecule has 0 amide bonds. The van der Waals surface area contributed by atoms with Crippen LogP contribution in [-0.4, -0.2) is 45.7 Å². The Balaban J connectivity index is 2.05. The first-order valence-electron chi connectivity index (χ1n) is 10.6. The summed E-state index contributed by atoms with van der Waals surface area (Å²) < 4.78 is 70.2. The Labute approximate surface area is 195 Å². The van der Waals surface area contributed by atoms with Crippen molar-refractivity contribution in [3.63, 3.8) is 0 Å². The molecule has 0 radical (unpaired) electrons. The summed E-state index contributed by atoms with van der Waals surface area (Å²) in [6.07, 6.45) is -5.16. The minimum absolute atomic E-state index is 0.0178. The van der Waals surface area contributed by atoms with E-state index >= 15 is 0 Å². The third-order valence-corrected chi connectivity index (χ3v) is 7.87. The van der Waals surface area contributed by atoms with Gasteiger partial charge in [-0.2, -0.15) is 23.0 Å². The number of hydrogen-bond acceptors (Lipinski definition) is 5. The third-order valence-electron chi connectivity index (χ3n) is 6.53. The lowest BCUT2D eigenvalue weighted by molar-refractivity contribution is -0.230. The van der Waals surface area contributed by atoms with E-state index in [9.17, 15) is 21.8 Å². The molecule has 3 aromatic heterocycles. The molecule has 0 fully saturated rings. The standard InChI is InChI=1S/C22H24F4N6OS/c1-8-34(33)19-16-12(4)10(2)11(3)13(5)17(16)30-32(19)20-27-14-9-15(21(6,23)22(24,25)26)28-29-18(14)31(20)7/h9H,8H2,1-7H3. The fraction of sp³-hybridized carbons (Fsp3) is 0.455. The molecule has 3 heterocycles. The highest BCUT2D eigenvalue weighted by Gasteiger charge is 2.55. The first-order chi connectivity index (χ1) is 15.7. The molecule has 0 aliphatic heterocycles. The zero-order valence-corrected chi connectivity index (χ0v) is 20.6. The first kappa shape index (κ1) is 24.2. The van der Waals surface area contributed by atoms with Gasteiger partial charge in [-0.25, -0.2) is 9.37 Å². The lowest BCUT2D eigenvalue weighted by atomic mass is 9.96. The Morgan fingerprint density at radius 2 is 1.62 bits per heavy atom. The van der Waals surface area contributed by atoms with Crippen molar-refractivity contribution in [3.8, 4) is 5.95 Å². The van der Waals surface area contributed by atoms with Gasteiger partial charge in [0.1, 0.15) is 16.2 Å². The largest absolute Gasteiger partial charge is 0.428 e. The summed E-state index contributed by atoms with van der Waals surface area (Å²) in [5.74, 6) is 0.516. The summed E-state index contributed by atoms with van der Waals surface area (Å²) in [5.41, 5.74) is 0.264. The van der Waals surface area contributed by atoms with E-state index in [1.807, 2.05) is 27.7 Å². The van der Waals surface area contributed by atoms with E-state index in [2.05, 4.69) is 15.2 Å². The molecule has 34 heavy (non-hydrogen) atoms. The van der Waals surface area contributed by atoms with Crippen LogP contribution >= 0.6 is 0 Å². The van der Waals surface area contributed by atoms with Crippen molar-refractivity contribution in [2.45, 2.75) is 58.4 Å². The lowest BCUT2D eigenvalue weighted by Gasteiger charge is -2.22. The Bertz CT molecular complexity index is 1490. The monoisotopic (exact) mass is 496 g/mol. The van der Waals surface area contributed by atoms with Crippen LogP contribution in [0.5, 0.6) is 0 Å². The maximum Gasteiger partial charge on any atom is 0.428 e. The van der Waals surface area contributed by atoms with Gasteiger partial charge in [0.2, 0.25) is 11.6 Å². The van der Waals surface area contributed by atoms with E-state index in [4.69, 9.17) is 5.10 Å². The average Bonchev–Trinajstić information content (AvgIpc) is 3.33. The quantitative estimate of drug-likeness (QED) is 0.379. The summed E-state index contributed by atoms with van der Waals surface area (Å²) >= 11 is 0. The van der Waals surface area contributed by atoms with Crippen LogP contribution < -0.4 is 0 Å². The van der Waals surface area contributed by atoms with Crippen LogP contribution in [-0.2, 0) is 23.5 Å². The summed E-state index contributed by atoms with van der Waals surface area (Å²) in [6.45, 7) is 10.0. The molecular weight excluding hydrogens is 472 g/mol. The van der Waals surface area contributed by atoms with E-state index in [0.29, 0.717) is 23.2 Å². The second-order valence-corrected chi connectivity index (χ2v) is 10.1. The van der Waals surface area contributed by atoms with E-state index in [-0.39, 0.29) is 17.1 Å². The van der Waals surface area contributed by atoms with Gasteiger partial charge in [0, 0.05) is 18.2 Å². The van der Waals surface area contributed by atoms with Crippen LogP contribution in [0.2, 0.25) is 0 Å². The van der Waals surface area contributed by atoms with Gasteiger partial charge >= 0.3 is 6.18 Å². The molecule has 2 atom stereocenters. The maximum atomic E-state index is 14.5. The molecule has 4 rings (SSSR count). The molecule has 12 heteroatoms. The number of halogens is 4. The molecule has 0 aliphatic rings. The predicted octanol–water partition coefficient (Wildman–Crippen LogP) is 4.81. The van der Waals surface area contributed by atoms with Crippen LogP contribution in [0, 0.1) is 27.7 Å². The highest BCUT2D eigenvalue weighted by atomic mass is 32.2. The van der Waals surface area contributed by atoms with Crippen molar-refractivity contribution >= 4 is 32.9 Å². The van der Waals surface area contributed by atoms with E-state index < -0.39 is 28.3 Å². The summed E-state index contributed by atoms with van der Waals surface area (Å²) in [6, 6.07) is 0.934. The van der Waals surface area contributed by atoms with Crippen LogP contribution in [0.25, 0.3) is 28.0 Å². The van der Waals surface area contributed by atoms with Crippen molar-refractivity contribution in [2.75, 3.05) is 5.75 Å². The number of benzene rings is 1. The third kappa shape index (κ3) is 3.33. The zero-order valence-electron chi connectivity index (χ0n) is 19.8. The van der Waals surface area contributed by atoms with Gasteiger partial charge in [0.15, 0.2) is 5.65 Å². The van der Waals surface area contributed by atoms with Crippen LogP contribution in [0.3, 0.4) is 0 Å². The number of rotatable bonds is 4. The van der Waals surface area contributed by atoms with Gasteiger partial charge in [-0.1, -0.05) is 6.92 Å². The minimum Gasteiger partial charge on any atom is -0.295 e. The minimum atomic E-state index is -5.16. The number of alkyl halides is 4. The second kappa shape index (κ2) is 7.82. The van der Waals surface area contributed by atoms with Crippen LogP contribution in [0.15, 0.2) is 11.1 Å². The number of aromatic nitrogens is 6. The van der Waals surface area contributed by atoms with Gasteiger partial charge in [0.25, 0.3) is 0 Å². The predicted molar refractivity (Wildman–Crippen MR) is 121 cm³/mol. The molecule has 2 unspecified atom stereocenters.